The molecule has 0 atom stereocenters. The van der Waals surface area contributed by atoms with Crippen LogP contribution in [0, 0.1) is 6.92 Å². The van der Waals surface area contributed by atoms with Crippen LogP contribution in [0.25, 0.3) is 10.9 Å². The molecule has 145 valence electrons. The predicted octanol–water partition coefficient (Wildman–Crippen LogP) is 1.15. The van der Waals surface area contributed by atoms with Crippen molar-refractivity contribution in [3.63, 3.8) is 0 Å². The monoisotopic (exact) mass is 439 g/mol. The SMILES string of the molecule is Cc1cccc2cc(CNC(=O)c3nccnc3N)c([As]CCN(C)C)nc12. The van der Waals surface area contributed by atoms with Crippen molar-refractivity contribution in [2.75, 3.05) is 26.4 Å². The van der Waals surface area contributed by atoms with Crippen LogP contribution < -0.4 is 15.5 Å². The van der Waals surface area contributed by atoms with Crippen molar-refractivity contribution in [2.45, 2.75) is 18.7 Å². The van der Waals surface area contributed by atoms with Crippen molar-refractivity contribution in [3.05, 3.63) is 53.5 Å². The molecule has 0 bridgehead atoms. The summed E-state index contributed by atoms with van der Waals surface area (Å²) >= 11 is -0.102. The number of aryl methyl sites for hydroxylation is 1. The Morgan fingerprint density at radius 2 is 2.04 bits per heavy atom. The van der Waals surface area contributed by atoms with Crippen molar-refractivity contribution in [1.29, 1.82) is 0 Å². The Bertz CT molecular complexity index is 992. The van der Waals surface area contributed by atoms with Crippen LogP contribution in [-0.4, -0.2) is 62.2 Å². The van der Waals surface area contributed by atoms with Crippen LogP contribution in [-0.2, 0) is 6.54 Å². The van der Waals surface area contributed by atoms with Gasteiger partial charge in [-0.25, -0.2) is 0 Å². The normalized spacial score (nSPS) is 11.6. The average molecular weight is 439 g/mol. The second-order valence-electron chi connectivity index (χ2n) is 6.78. The number of benzene rings is 1. The molecule has 2 heterocycles. The van der Waals surface area contributed by atoms with E-state index in [1.165, 1.54) is 12.4 Å². The van der Waals surface area contributed by atoms with Crippen LogP contribution in [0.3, 0.4) is 0 Å². The van der Waals surface area contributed by atoms with Gasteiger partial charge in [0.15, 0.2) is 0 Å². The van der Waals surface area contributed by atoms with E-state index in [2.05, 4.69) is 59.4 Å². The van der Waals surface area contributed by atoms with E-state index in [9.17, 15) is 4.79 Å². The zero-order chi connectivity index (χ0) is 20.1. The van der Waals surface area contributed by atoms with Gasteiger partial charge in [-0.3, -0.25) is 0 Å². The zero-order valence-electron chi connectivity index (χ0n) is 16.3. The molecule has 1 radical (unpaired) electrons. The van der Waals surface area contributed by atoms with E-state index in [0.717, 1.165) is 38.3 Å². The summed E-state index contributed by atoms with van der Waals surface area (Å²) in [7, 11) is 4.15. The van der Waals surface area contributed by atoms with Gasteiger partial charge in [0.1, 0.15) is 0 Å². The van der Waals surface area contributed by atoms with Crippen LogP contribution >= 0.6 is 0 Å². The number of rotatable bonds is 7. The van der Waals surface area contributed by atoms with E-state index in [1.54, 1.807) is 0 Å². The summed E-state index contributed by atoms with van der Waals surface area (Å²) < 4.78 is 1.10. The molecule has 0 saturated heterocycles. The Balaban J connectivity index is 1.85. The molecule has 7 nitrogen and oxygen atoms in total. The van der Waals surface area contributed by atoms with E-state index in [1.807, 2.05) is 6.07 Å². The molecule has 0 aliphatic heterocycles. The summed E-state index contributed by atoms with van der Waals surface area (Å²) in [4.78, 5) is 27.5. The Labute approximate surface area is 171 Å². The number of nitrogens with two attached hydrogens (primary N) is 1. The molecule has 2 aromatic heterocycles. The van der Waals surface area contributed by atoms with E-state index in [0.29, 0.717) is 6.54 Å². The third-order valence-electron chi connectivity index (χ3n) is 4.29. The first-order valence-electron chi connectivity index (χ1n) is 9.02. The number of amides is 1. The van der Waals surface area contributed by atoms with Gasteiger partial charge in [-0.1, -0.05) is 0 Å². The number of para-hydroxylation sites is 1. The summed E-state index contributed by atoms with van der Waals surface area (Å²) in [6.45, 7) is 3.49. The number of fused-ring (bicyclic) bond motifs is 1. The maximum atomic E-state index is 12.5. The molecule has 0 aliphatic carbocycles. The summed E-state index contributed by atoms with van der Waals surface area (Å²) in [6.07, 6.45) is 2.93. The molecule has 0 spiro atoms. The first-order chi connectivity index (χ1) is 13.5. The van der Waals surface area contributed by atoms with Gasteiger partial charge in [0.25, 0.3) is 0 Å². The number of nitrogens with zero attached hydrogens (tertiary/aromatic N) is 4. The van der Waals surface area contributed by atoms with Crippen molar-refractivity contribution in [2.24, 2.45) is 0 Å². The summed E-state index contributed by atoms with van der Waals surface area (Å²) in [5.74, 6) is -0.199. The molecular weight excluding hydrogens is 415 g/mol. The number of anilines is 1. The van der Waals surface area contributed by atoms with Crippen LogP contribution in [0.5, 0.6) is 0 Å². The summed E-state index contributed by atoms with van der Waals surface area (Å²) in [5.41, 5.74) is 9.15. The second kappa shape index (κ2) is 9.13. The minimum atomic E-state index is -0.328. The Hall–Kier alpha value is -2.50. The van der Waals surface area contributed by atoms with Crippen LogP contribution in [0.2, 0.25) is 5.21 Å². The van der Waals surface area contributed by atoms with Crippen molar-refractivity contribution in [3.8, 4) is 0 Å². The molecule has 1 amide bonds. The quantitative estimate of drug-likeness (QED) is 0.537. The van der Waals surface area contributed by atoms with E-state index in [4.69, 9.17) is 10.7 Å². The number of nitrogen functional groups attached to an aromatic ring is 1. The van der Waals surface area contributed by atoms with Gasteiger partial charge in [-0.15, -0.1) is 0 Å². The standard InChI is InChI=1S/C20H24AsN6O/c1-13-5-4-6-14-11-15(18(26-16(13)14)21-7-10-27(2)3)12-25-20(28)17-19(22)24-9-8-23-17/h4-6,8-9,11H,7,10,12H2,1-3H3,(H2,22,24)(H,25,28). The van der Waals surface area contributed by atoms with Gasteiger partial charge < -0.3 is 0 Å². The molecule has 0 aliphatic rings. The third-order valence-corrected chi connectivity index (χ3v) is 6.62. The number of pyridine rings is 1. The molecule has 0 saturated carbocycles. The minimum absolute atomic E-state index is 0.102. The molecule has 3 aromatic rings. The fourth-order valence-electron chi connectivity index (χ4n) is 2.79. The van der Waals surface area contributed by atoms with Crippen molar-refractivity contribution >= 4 is 42.9 Å². The van der Waals surface area contributed by atoms with Gasteiger partial charge in [0.05, 0.1) is 0 Å². The molecule has 0 unspecified atom stereocenters. The molecule has 3 N–H and O–H groups in total. The van der Waals surface area contributed by atoms with Crippen molar-refractivity contribution < 1.29 is 4.79 Å². The zero-order valence-corrected chi connectivity index (χ0v) is 18.2. The van der Waals surface area contributed by atoms with Gasteiger partial charge in [-0.2, -0.15) is 0 Å². The van der Waals surface area contributed by atoms with Gasteiger partial charge in [0.2, 0.25) is 0 Å². The molecule has 3 rings (SSSR count). The Kier molecular flexibility index (Phi) is 6.60. The molecule has 28 heavy (non-hydrogen) atoms. The predicted molar refractivity (Wildman–Crippen MR) is 113 cm³/mol. The Morgan fingerprint density at radius 1 is 1.25 bits per heavy atom. The van der Waals surface area contributed by atoms with Crippen molar-refractivity contribution in [1.82, 2.24) is 25.2 Å². The van der Waals surface area contributed by atoms with Crippen LogP contribution in [0.1, 0.15) is 21.6 Å². The van der Waals surface area contributed by atoms with Crippen LogP contribution in [0.4, 0.5) is 5.82 Å². The van der Waals surface area contributed by atoms with Gasteiger partial charge >= 0.3 is 171 Å². The first kappa shape index (κ1) is 20.2. The number of hydrogen-bond acceptors (Lipinski definition) is 6. The number of aromatic nitrogens is 3. The second-order valence-corrected chi connectivity index (χ2v) is 9.27. The van der Waals surface area contributed by atoms with Gasteiger partial charge in [0, 0.05) is 0 Å². The molecule has 8 heteroatoms. The third kappa shape index (κ3) is 4.85. The fourth-order valence-corrected chi connectivity index (χ4v) is 5.37. The van der Waals surface area contributed by atoms with E-state index < -0.39 is 0 Å². The first-order valence-corrected chi connectivity index (χ1v) is 11.3. The van der Waals surface area contributed by atoms with Gasteiger partial charge in [-0.05, 0) is 0 Å². The number of nitrogens with one attached hydrogen (secondary N) is 1. The Morgan fingerprint density at radius 3 is 2.79 bits per heavy atom. The fraction of sp³-hybridized carbons (Fsp3) is 0.300. The molecule has 1 aromatic carbocycles. The average Bonchev–Trinajstić information content (AvgIpc) is 2.66. The van der Waals surface area contributed by atoms with Crippen LogP contribution in [0.15, 0.2) is 36.7 Å². The summed E-state index contributed by atoms with van der Waals surface area (Å²) in [5, 5.41) is 5.09. The number of hydrogen-bond donors (Lipinski definition) is 2. The summed E-state index contributed by atoms with van der Waals surface area (Å²) in [6, 6.07) is 8.30. The maximum absolute atomic E-state index is 12.5. The molecule has 0 fully saturated rings. The number of carbonyl (C=O) groups is 1. The van der Waals surface area contributed by atoms with E-state index in [-0.39, 0.29) is 33.2 Å². The van der Waals surface area contributed by atoms with E-state index >= 15 is 0 Å². The molecular formula is C20H24AsN6O. The number of carbonyl (C=O) groups excluding carboxylic acids is 1. The topological polar surface area (TPSA) is 97.0 Å².